The van der Waals surface area contributed by atoms with E-state index >= 15 is 0 Å². The minimum absolute atomic E-state index is 0.0565. The fraction of sp³-hybridized carbons (Fsp3) is 0.176. The maximum absolute atomic E-state index is 12.2. The van der Waals surface area contributed by atoms with Gasteiger partial charge in [-0.2, -0.15) is 0 Å². The fourth-order valence-electron chi connectivity index (χ4n) is 2.21. The molecule has 10 nitrogen and oxygen atoms in total. The van der Waals surface area contributed by atoms with E-state index in [1.807, 2.05) is 0 Å². The topological polar surface area (TPSA) is 133 Å². The lowest BCUT2D eigenvalue weighted by atomic mass is 10.2. The lowest BCUT2D eigenvalue weighted by molar-refractivity contribution is -0.384. The Morgan fingerprint density at radius 3 is 2.93 bits per heavy atom. The molecule has 1 amide bonds. The number of amides is 1. The van der Waals surface area contributed by atoms with E-state index in [1.54, 1.807) is 37.5 Å². The number of hydrogen-bond acceptors (Lipinski definition) is 9. The molecule has 1 aromatic carbocycles. The Hall–Kier alpha value is -3.47. The number of carbonyl (C=O) groups is 1. The molecule has 0 aliphatic carbocycles. The number of pyridine rings is 1. The molecule has 144 valence electrons. The standard InChI is InChI=1S/C17H15N5O5S/c1-2-26-12-5-6-13(14(8-12)22(24)25)19-15(23)10-28-17-21-20-16(27-17)11-4-3-7-18-9-11/h3-9H,2,10H2,1H3,(H,19,23). The van der Waals surface area contributed by atoms with Crippen LogP contribution in [0.15, 0.2) is 52.4 Å². The minimum atomic E-state index is -0.580. The Kier molecular flexibility index (Phi) is 6.17. The number of thioether (sulfide) groups is 1. The minimum Gasteiger partial charge on any atom is -0.494 e. The van der Waals surface area contributed by atoms with E-state index in [0.717, 1.165) is 11.8 Å². The van der Waals surface area contributed by atoms with Gasteiger partial charge in [-0.3, -0.25) is 19.9 Å². The first-order valence-corrected chi connectivity index (χ1v) is 9.13. The third-order valence-electron chi connectivity index (χ3n) is 3.39. The highest BCUT2D eigenvalue weighted by Crippen LogP contribution is 2.29. The third kappa shape index (κ3) is 4.82. The first kappa shape index (κ1) is 19.3. The number of rotatable bonds is 8. The second-order valence-electron chi connectivity index (χ2n) is 5.32. The maximum atomic E-state index is 12.2. The smallest absolute Gasteiger partial charge is 0.296 e. The number of aromatic nitrogens is 3. The molecule has 3 aromatic rings. The molecule has 0 spiro atoms. The van der Waals surface area contributed by atoms with Gasteiger partial charge in [-0.15, -0.1) is 10.2 Å². The van der Waals surface area contributed by atoms with Crippen molar-refractivity contribution in [3.8, 4) is 17.2 Å². The van der Waals surface area contributed by atoms with Crippen molar-refractivity contribution in [2.24, 2.45) is 0 Å². The van der Waals surface area contributed by atoms with Crippen LogP contribution < -0.4 is 10.1 Å². The number of nitro benzene ring substituents is 1. The molecule has 0 radical (unpaired) electrons. The highest BCUT2D eigenvalue weighted by atomic mass is 32.2. The van der Waals surface area contributed by atoms with Crippen molar-refractivity contribution >= 4 is 29.0 Å². The van der Waals surface area contributed by atoms with Gasteiger partial charge in [0, 0.05) is 12.4 Å². The van der Waals surface area contributed by atoms with Gasteiger partial charge in [-0.1, -0.05) is 11.8 Å². The van der Waals surface area contributed by atoms with Gasteiger partial charge in [0.2, 0.25) is 11.8 Å². The monoisotopic (exact) mass is 401 g/mol. The van der Waals surface area contributed by atoms with Crippen molar-refractivity contribution in [3.63, 3.8) is 0 Å². The Bertz CT molecular complexity index is 979. The van der Waals surface area contributed by atoms with Gasteiger partial charge in [0.15, 0.2) is 0 Å². The normalized spacial score (nSPS) is 10.5. The summed E-state index contributed by atoms with van der Waals surface area (Å²) in [6, 6.07) is 7.76. The summed E-state index contributed by atoms with van der Waals surface area (Å²) in [4.78, 5) is 26.8. The first-order chi connectivity index (χ1) is 13.6. The quantitative estimate of drug-likeness (QED) is 0.343. The van der Waals surface area contributed by atoms with E-state index in [9.17, 15) is 14.9 Å². The van der Waals surface area contributed by atoms with Gasteiger partial charge in [0.25, 0.3) is 10.9 Å². The summed E-state index contributed by atoms with van der Waals surface area (Å²) in [5, 5.41) is 21.7. The Morgan fingerprint density at radius 2 is 2.21 bits per heavy atom. The lowest BCUT2D eigenvalue weighted by Gasteiger charge is -2.07. The van der Waals surface area contributed by atoms with Crippen molar-refractivity contribution < 1.29 is 18.9 Å². The SMILES string of the molecule is CCOc1ccc(NC(=O)CSc2nnc(-c3cccnc3)o2)c([N+](=O)[O-])c1. The number of benzene rings is 1. The number of anilines is 1. The van der Waals surface area contributed by atoms with Crippen molar-refractivity contribution in [2.45, 2.75) is 12.1 Å². The Balaban J connectivity index is 1.62. The van der Waals surface area contributed by atoms with Crippen molar-refractivity contribution in [3.05, 3.63) is 52.8 Å². The van der Waals surface area contributed by atoms with Gasteiger partial charge in [-0.05, 0) is 31.2 Å². The molecule has 0 saturated carbocycles. The molecule has 0 atom stereocenters. The van der Waals surface area contributed by atoms with Crippen LogP contribution in [-0.4, -0.2) is 38.4 Å². The average Bonchev–Trinajstić information content (AvgIpc) is 3.17. The van der Waals surface area contributed by atoms with E-state index in [-0.39, 0.29) is 28.2 Å². The molecular weight excluding hydrogens is 386 g/mol. The molecule has 1 N–H and O–H groups in total. The van der Waals surface area contributed by atoms with Crippen LogP contribution in [0, 0.1) is 10.1 Å². The number of carbonyl (C=O) groups excluding carboxylic acids is 1. The molecule has 3 rings (SSSR count). The predicted molar refractivity (Wildman–Crippen MR) is 101 cm³/mol. The largest absolute Gasteiger partial charge is 0.494 e. The van der Waals surface area contributed by atoms with E-state index in [4.69, 9.17) is 9.15 Å². The molecule has 28 heavy (non-hydrogen) atoms. The zero-order valence-electron chi connectivity index (χ0n) is 14.7. The first-order valence-electron chi connectivity index (χ1n) is 8.14. The highest BCUT2D eigenvalue weighted by Gasteiger charge is 2.18. The zero-order chi connectivity index (χ0) is 19.9. The van der Waals surface area contributed by atoms with E-state index in [1.165, 1.54) is 12.1 Å². The zero-order valence-corrected chi connectivity index (χ0v) is 15.5. The summed E-state index contributed by atoms with van der Waals surface area (Å²) in [6.07, 6.45) is 3.21. The molecule has 0 fully saturated rings. The molecule has 11 heteroatoms. The fourth-order valence-corrected chi connectivity index (χ4v) is 2.78. The van der Waals surface area contributed by atoms with E-state index < -0.39 is 10.8 Å². The second kappa shape index (κ2) is 8.95. The van der Waals surface area contributed by atoms with Crippen LogP contribution in [0.1, 0.15) is 6.92 Å². The number of ether oxygens (including phenoxy) is 1. The van der Waals surface area contributed by atoms with Crippen molar-refractivity contribution in [2.75, 3.05) is 17.7 Å². The molecule has 0 saturated heterocycles. The third-order valence-corrected chi connectivity index (χ3v) is 4.21. The molecule has 0 aliphatic heterocycles. The number of nitrogens with one attached hydrogen (secondary N) is 1. The molecule has 0 unspecified atom stereocenters. The van der Waals surface area contributed by atoms with Crippen LogP contribution in [0.4, 0.5) is 11.4 Å². The Morgan fingerprint density at radius 1 is 1.36 bits per heavy atom. The van der Waals surface area contributed by atoms with Crippen LogP contribution in [0.5, 0.6) is 5.75 Å². The molecular formula is C17H15N5O5S. The van der Waals surface area contributed by atoms with Gasteiger partial charge < -0.3 is 14.5 Å². The average molecular weight is 401 g/mol. The number of hydrogen-bond donors (Lipinski definition) is 1. The Labute approximate surface area is 163 Å². The molecule has 2 heterocycles. The summed E-state index contributed by atoms with van der Waals surface area (Å²) >= 11 is 1.02. The van der Waals surface area contributed by atoms with E-state index in [0.29, 0.717) is 17.9 Å². The molecule has 2 aromatic heterocycles. The van der Waals surface area contributed by atoms with Crippen molar-refractivity contribution in [1.29, 1.82) is 0 Å². The van der Waals surface area contributed by atoms with Crippen LogP contribution >= 0.6 is 11.8 Å². The maximum Gasteiger partial charge on any atom is 0.296 e. The van der Waals surface area contributed by atoms with Gasteiger partial charge >= 0.3 is 0 Å². The molecule has 0 bridgehead atoms. The lowest BCUT2D eigenvalue weighted by Crippen LogP contribution is -2.15. The van der Waals surface area contributed by atoms with Crippen LogP contribution in [0.2, 0.25) is 0 Å². The second-order valence-corrected chi connectivity index (χ2v) is 6.25. The van der Waals surface area contributed by atoms with Crippen LogP contribution in [-0.2, 0) is 4.79 Å². The van der Waals surface area contributed by atoms with Gasteiger partial charge in [0.05, 0.1) is 28.9 Å². The predicted octanol–water partition coefficient (Wildman–Crippen LogP) is 3.17. The summed E-state index contributed by atoms with van der Waals surface area (Å²) in [5.74, 6) is 0.144. The highest BCUT2D eigenvalue weighted by molar-refractivity contribution is 7.99. The van der Waals surface area contributed by atoms with Gasteiger partial charge in [-0.25, -0.2) is 0 Å². The summed E-state index contributed by atoms with van der Waals surface area (Å²) in [7, 11) is 0. The summed E-state index contributed by atoms with van der Waals surface area (Å²) < 4.78 is 10.7. The molecule has 0 aliphatic rings. The number of nitro groups is 1. The summed E-state index contributed by atoms with van der Waals surface area (Å²) in [6.45, 7) is 2.15. The van der Waals surface area contributed by atoms with Gasteiger partial charge in [0.1, 0.15) is 11.4 Å². The van der Waals surface area contributed by atoms with Crippen molar-refractivity contribution in [1.82, 2.24) is 15.2 Å². The van der Waals surface area contributed by atoms with E-state index in [2.05, 4.69) is 20.5 Å². The number of nitrogens with zero attached hydrogens (tertiary/aromatic N) is 4. The van der Waals surface area contributed by atoms with Crippen LogP contribution in [0.25, 0.3) is 11.5 Å². The summed E-state index contributed by atoms with van der Waals surface area (Å²) in [5.41, 5.74) is 0.498. The van der Waals surface area contributed by atoms with Crippen LogP contribution in [0.3, 0.4) is 0 Å².